The van der Waals surface area contributed by atoms with E-state index in [2.05, 4.69) is 4.90 Å². The number of benzene rings is 1. The lowest BCUT2D eigenvalue weighted by atomic mass is 10.2. The van der Waals surface area contributed by atoms with Crippen molar-refractivity contribution in [3.63, 3.8) is 0 Å². The van der Waals surface area contributed by atoms with E-state index in [1.807, 2.05) is 24.3 Å². The zero-order chi connectivity index (χ0) is 11.5. The van der Waals surface area contributed by atoms with E-state index in [4.69, 9.17) is 10.5 Å². The zero-order valence-electron chi connectivity index (χ0n) is 9.35. The third kappa shape index (κ3) is 1.96. The Morgan fingerprint density at radius 1 is 1.44 bits per heavy atom. The number of rotatable bonds is 3. The Balaban J connectivity index is 2.19. The number of hydrogen-bond acceptors (Lipinski definition) is 3. The molecule has 0 spiro atoms. The smallest absolute Gasteiger partial charge is 0.240 e. The molecule has 0 aromatic heterocycles. The van der Waals surface area contributed by atoms with E-state index < -0.39 is 0 Å². The summed E-state index contributed by atoms with van der Waals surface area (Å²) < 4.78 is 5.10. The zero-order valence-corrected chi connectivity index (χ0v) is 9.35. The lowest BCUT2D eigenvalue weighted by Crippen LogP contribution is -2.40. The maximum absolute atomic E-state index is 11.3. The lowest BCUT2D eigenvalue weighted by Gasteiger charge is -2.24. The second kappa shape index (κ2) is 4.43. The first-order chi connectivity index (χ1) is 7.72. The van der Waals surface area contributed by atoms with Gasteiger partial charge in [-0.1, -0.05) is 0 Å². The van der Waals surface area contributed by atoms with Crippen LogP contribution in [0.1, 0.15) is 12.8 Å². The highest BCUT2D eigenvalue weighted by atomic mass is 16.5. The van der Waals surface area contributed by atoms with Crippen molar-refractivity contribution in [1.82, 2.24) is 0 Å². The molecule has 0 radical (unpaired) electrons. The first-order valence-electron chi connectivity index (χ1n) is 5.42. The minimum absolute atomic E-state index is 0.159. The quantitative estimate of drug-likeness (QED) is 0.831. The highest BCUT2D eigenvalue weighted by Gasteiger charge is 2.28. The Labute approximate surface area is 95.0 Å². The number of hydrogen-bond donors (Lipinski definition) is 1. The maximum Gasteiger partial charge on any atom is 0.240 e. The normalized spacial score (nSPS) is 19.8. The first kappa shape index (κ1) is 10.8. The highest BCUT2D eigenvalue weighted by molar-refractivity contribution is 5.84. The molecule has 2 N–H and O–H groups in total. The summed E-state index contributed by atoms with van der Waals surface area (Å²) in [6, 6.07) is 7.55. The van der Waals surface area contributed by atoms with Gasteiger partial charge in [-0.3, -0.25) is 4.79 Å². The summed E-state index contributed by atoms with van der Waals surface area (Å²) in [5.41, 5.74) is 6.41. The highest BCUT2D eigenvalue weighted by Crippen LogP contribution is 2.26. The van der Waals surface area contributed by atoms with E-state index in [-0.39, 0.29) is 11.9 Å². The van der Waals surface area contributed by atoms with Crippen LogP contribution >= 0.6 is 0 Å². The molecule has 1 heterocycles. The molecule has 4 nitrogen and oxygen atoms in total. The largest absolute Gasteiger partial charge is 0.497 e. The van der Waals surface area contributed by atoms with Crippen molar-refractivity contribution in [3.8, 4) is 5.75 Å². The Bertz CT molecular complexity index is 375. The number of methoxy groups -OCH3 is 1. The molecule has 1 aliphatic heterocycles. The predicted molar refractivity (Wildman–Crippen MR) is 62.6 cm³/mol. The van der Waals surface area contributed by atoms with Gasteiger partial charge in [0.2, 0.25) is 5.91 Å². The van der Waals surface area contributed by atoms with Crippen molar-refractivity contribution in [2.45, 2.75) is 18.9 Å². The van der Waals surface area contributed by atoms with Gasteiger partial charge in [0.1, 0.15) is 11.8 Å². The van der Waals surface area contributed by atoms with Crippen molar-refractivity contribution in [2.24, 2.45) is 5.73 Å². The van der Waals surface area contributed by atoms with Gasteiger partial charge in [-0.25, -0.2) is 0 Å². The summed E-state index contributed by atoms with van der Waals surface area (Å²) in [6.07, 6.45) is 1.86. The summed E-state index contributed by atoms with van der Waals surface area (Å²) in [5.74, 6) is 0.576. The van der Waals surface area contributed by atoms with Crippen LogP contribution in [0.3, 0.4) is 0 Å². The molecule has 1 aromatic rings. The molecule has 0 aliphatic carbocycles. The third-order valence-corrected chi connectivity index (χ3v) is 2.99. The topological polar surface area (TPSA) is 55.6 Å². The van der Waals surface area contributed by atoms with Crippen LogP contribution in [-0.2, 0) is 4.79 Å². The van der Waals surface area contributed by atoms with Gasteiger partial charge in [-0.15, -0.1) is 0 Å². The lowest BCUT2D eigenvalue weighted by molar-refractivity contribution is -0.119. The average Bonchev–Trinajstić information content (AvgIpc) is 2.78. The van der Waals surface area contributed by atoms with E-state index in [9.17, 15) is 4.79 Å². The summed E-state index contributed by atoms with van der Waals surface area (Å²) >= 11 is 0. The molecule has 1 aromatic carbocycles. The molecule has 0 saturated carbocycles. The molecule has 2 rings (SSSR count). The number of nitrogens with two attached hydrogens (primary N) is 1. The van der Waals surface area contributed by atoms with Crippen molar-refractivity contribution in [3.05, 3.63) is 24.3 Å². The standard InChI is InChI=1S/C12H16N2O2/c1-16-10-6-4-9(5-7-10)14-8-2-3-11(14)12(13)15/h4-7,11H,2-3,8H2,1H3,(H2,13,15)/t11-/m0/s1. The Morgan fingerprint density at radius 3 is 2.69 bits per heavy atom. The first-order valence-corrected chi connectivity index (χ1v) is 5.42. The third-order valence-electron chi connectivity index (χ3n) is 2.99. The maximum atomic E-state index is 11.3. The second-order valence-corrected chi connectivity index (χ2v) is 3.95. The van der Waals surface area contributed by atoms with E-state index in [1.165, 1.54) is 0 Å². The van der Waals surface area contributed by atoms with Gasteiger partial charge in [0.15, 0.2) is 0 Å². The van der Waals surface area contributed by atoms with Crippen molar-refractivity contribution in [2.75, 3.05) is 18.6 Å². The van der Waals surface area contributed by atoms with Crippen molar-refractivity contribution >= 4 is 11.6 Å². The number of amides is 1. The van der Waals surface area contributed by atoms with Gasteiger partial charge in [0.25, 0.3) is 0 Å². The summed E-state index contributed by atoms with van der Waals surface area (Å²) in [7, 11) is 1.64. The summed E-state index contributed by atoms with van der Waals surface area (Å²) in [4.78, 5) is 13.3. The average molecular weight is 220 g/mol. The van der Waals surface area contributed by atoms with Crippen LogP contribution < -0.4 is 15.4 Å². The van der Waals surface area contributed by atoms with Crippen LogP contribution in [-0.4, -0.2) is 25.6 Å². The molecule has 86 valence electrons. The van der Waals surface area contributed by atoms with Gasteiger partial charge >= 0.3 is 0 Å². The van der Waals surface area contributed by atoms with Crippen LogP contribution in [0.4, 0.5) is 5.69 Å². The van der Waals surface area contributed by atoms with Gasteiger partial charge in [-0.05, 0) is 37.1 Å². The van der Waals surface area contributed by atoms with E-state index >= 15 is 0 Å². The molecule has 1 atom stereocenters. The molecule has 16 heavy (non-hydrogen) atoms. The van der Waals surface area contributed by atoms with Crippen LogP contribution in [0, 0.1) is 0 Å². The fourth-order valence-electron chi connectivity index (χ4n) is 2.15. The fourth-order valence-corrected chi connectivity index (χ4v) is 2.15. The SMILES string of the molecule is COc1ccc(N2CCC[C@H]2C(N)=O)cc1. The van der Waals surface area contributed by atoms with Crippen molar-refractivity contribution < 1.29 is 9.53 Å². The minimum Gasteiger partial charge on any atom is -0.497 e. The minimum atomic E-state index is -0.242. The Kier molecular flexibility index (Phi) is 2.99. The second-order valence-electron chi connectivity index (χ2n) is 3.95. The molecule has 1 saturated heterocycles. The molecular weight excluding hydrogens is 204 g/mol. The van der Waals surface area contributed by atoms with Crippen LogP contribution in [0.5, 0.6) is 5.75 Å². The molecule has 4 heteroatoms. The molecule has 0 bridgehead atoms. The van der Waals surface area contributed by atoms with E-state index in [0.29, 0.717) is 0 Å². The summed E-state index contributed by atoms with van der Waals surface area (Å²) in [6.45, 7) is 0.889. The summed E-state index contributed by atoms with van der Waals surface area (Å²) in [5, 5.41) is 0. The van der Waals surface area contributed by atoms with Gasteiger partial charge in [0, 0.05) is 12.2 Å². The number of carbonyl (C=O) groups excluding carboxylic acids is 1. The number of primary amides is 1. The van der Waals surface area contributed by atoms with E-state index in [1.54, 1.807) is 7.11 Å². The Hall–Kier alpha value is -1.71. The van der Waals surface area contributed by atoms with Crippen LogP contribution in [0.15, 0.2) is 24.3 Å². The fraction of sp³-hybridized carbons (Fsp3) is 0.417. The predicted octanol–water partition coefficient (Wildman–Crippen LogP) is 1.15. The van der Waals surface area contributed by atoms with Gasteiger partial charge < -0.3 is 15.4 Å². The van der Waals surface area contributed by atoms with E-state index in [0.717, 1.165) is 30.8 Å². The van der Waals surface area contributed by atoms with Gasteiger partial charge in [-0.2, -0.15) is 0 Å². The number of ether oxygens (including phenoxy) is 1. The van der Waals surface area contributed by atoms with Crippen LogP contribution in [0.2, 0.25) is 0 Å². The molecule has 0 unspecified atom stereocenters. The molecule has 1 aliphatic rings. The molecule has 1 amide bonds. The number of anilines is 1. The Morgan fingerprint density at radius 2 is 2.12 bits per heavy atom. The van der Waals surface area contributed by atoms with Crippen LogP contribution in [0.25, 0.3) is 0 Å². The van der Waals surface area contributed by atoms with Crippen molar-refractivity contribution in [1.29, 1.82) is 0 Å². The monoisotopic (exact) mass is 220 g/mol. The number of carbonyl (C=O) groups is 1. The number of nitrogens with zero attached hydrogens (tertiary/aromatic N) is 1. The van der Waals surface area contributed by atoms with Gasteiger partial charge in [0.05, 0.1) is 7.11 Å². The molecule has 1 fully saturated rings. The molecular formula is C12H16N2O2.